The van der Waals surface area contributed by atoms with E-state index in [4.69, 9.17) is 0 Å². The Kier molecular flexibility index (Phi) is 6.90. The van der Waals surface area contributed by atoms with E-state index in [-0.39, 0.29) is 18.1 Å². The Morgan fingerprint density at radius 1 is 1.07 bits per heavy atom. The molecule has 0 aliphatic heterocycles. The molecule has 0 bridgehead atoms. The van der Waals surface area contributed by atoms with Gasteiger partial charge in [-0.15, -0.1) is 0 Å². The van der Waals surface area contributed by atoms with Crippen LogP contribution in [0.5, 0.6) is 0 Å². The first kappa shape index (κ1) is 21.6. The number of quaternary nitrogens is 1. The number of nitrogens with zero attached hydrogens (tertiary/aromatic N) is 1. The monoisotopic (exact) mass is 407 g/mol. The van der Waals surface area contributed by atoms with Crippen molar-refractivity contribution in [2.45, 2.75) is 26.9 Å². The first-order valence-electron chi connectivity index (χ1n) is 10.3. The first-order chi connectivity index (χ1) is 14.3. The van der Waals surface area contributed by atoms with E-state index in [1.807, 2.05) is 56.3 Å². The van der Waals surface area contributed by atoms with Crippen LogP contribution in [0, 0.1) is 13.8 Å². The number of rotatable bonds is 7. The summed E-state index contributed by atoms with van der Waals surface area (Å²) in [7, 11) is 4.10. The molecular formula is C24H31N4O2+. The third kappa shape index (κ3) is 5.27. The number of hydrogen-bond donors (Lipinski definition) is 3. The molecule has 1 aromatic heterocycles. The molecule has 30 heavy (non-hydrogen) atoms. The maximum atomic E-state index is 12.9. The zero-order valence-corrected chi connectivity index (χ0v) is 18.2. The average Bonchev–Trinajstić information content (AvgIpc) is 2.73. The molecule has 158 valence electrons. The Balaban J connectivity index is 1.83. The molecule has 0 saturated heterocycles. The molecule has 6 heteroatoms. The van der Waals surface area contributed by atoms with Crippen molar-refractivity contribution in [1.29, 1.82) is 0 Å². The van der Waals surface area contributed by atoms with Crippen molar-refractivity contribution >= 4 is 16.9 Å². The van der Waals surface area contributed by atoms with Gasteiger partial charge in [-0.1, -0.05) is 42.5 Å². The van der Waals surface area contributed by atoms with Crippen LogP contribution in [-0.4, -0.2) is 43.1 Å². The van der Waals surface area contributed by atoms with Gasteiger partial charge in [-0.05, 0) is 36.6 Å². The largest absolute Gasteiger partial charge is 0.338 e. The Bertz CT molecular complexity index is 1070. The number of aromatic nitrogens is 1. The molecule has 3 rings (SSSR count). The van der Waals surface area contributed by atoms with Crippen molar-refractivity contribution in [1.82, 2.24) is 15.2 Å². The van der Waals surface area contributed by atoms with Crippen molar-refractivity contribution in [3.63, 3.8) is 0 Å². The Hall–Kier alpha value is -3.12. The number of hydrogen-bond acceptors (Lipinski definition) is 2. The predicted octanol–water partition coefficient (Wildman–Crippen LogP) is 2.00. The molecule has 3 N–H and O–H groups in total. The van der Waals surface area contributed by atoms with E-state index in [9.17, 15) is 9.59 Å². The highest BCUT2D eigenvalue weighted by Gasteiger charge is 2.17. The summed E-state index contributed by atoms with van der Waals surface area (Å²) in [6.45, 7) is 6.10. The fraction of sp³-hybridized carbons (Fsp3) is 0.333. The van der Waals surface area contributed by atoms with E-state index in [1.54, 1.807) is 4.90 Å². The summed E-state index contributed by atoms with van der Waals surface area (Å²) in [6, 6.07) is 15.6. The van der Waals surface area contributed by atoms with Gasteiger partial charge in [-0.3, -0.25) is 4.79 Å². The Morgan fingerprint density at radius 3 is 2.47 bits per heavy atom. The number of urea groups is 1. The summed E-state index contributed by atoms with van der Waals surface area (Å²) in [5.74, 6) is 0. The standard InChI is InChI=1S/C24H30N4O2/c1-17-10-11-18(2)22-21(17)14-20(23(29)26-22)16-28(13-12-27(3)4)24(30)25-15-19-8-6-5-7-9-19/h5-11,14H,12-13,15-16H2,1-4H3,(H,25,30)(H,26,29)/p+1. The molecule has 6 nitrogen and oxygen atoms in total. The normalized spacial score (nSPS) is 11.1. The second-order valence-electron chi connectivity index (χ2n) is 8.13. The third-order valence-corrected chi connectivity index (χ3v) is 5.34. The van der Waals surface area contributed by atoms with E-state index < -0.39 is 0 Å². The molecule has 0 saturated carbocycles. The molecule has 2 amide bonds. The van der Waals surface area contributed by atoms with Crippen LogP contribution in [0.25, 0.3) is 10.9 Å². The molecule has 0 fully saturated rings. The quantitative estimate of drug-likeness (QED) is 0.561. The van der Waals surface area contributed by atoms with Gasteiger partial charge in [-0.2, -0.15) is 0 Å². The van der Waals surface area contributed by atoms with Gasteiger partial charge in [0.1, 0.15) is 0 Å². The van der Waals surface area contributed by atoms with Crippen LogP contribution in [0.3, 0.4) is 0 Å². The lowest BCUT2D eigenvalue weighted by Crippen LogP contribution is -3.06. The number of aryl methyl sites for hydroxylation is 2. The predicted molar refractivity (Wildman–Crippen MR) is 121 cm³/mol. The highest BCUT2D eigenvalue weighted by Crippen LogP contribution is 2.20. The average molecular weight is 408 g/mol. The van der Waals surface area contributed by atoms with E-state index in [2.05, 4.69) is 30.5 Å². The van der Waals surface area contributed by atoms with Gasteiger partial charge < -0.3 is 20.1 Å². The van der Waals surface area contributed by atoms with Crippen LogP contribution < -0.4 is 15.8 Å². The number of fused-ring (bicyclic) bond motifs is 1. The van der Waals surface area contributed by atoms with Crippen LogP contribution in [0.15, 0.2) is 53.3 Å². The van der Waals surface area contributed by atoms with Gasteiger partial charge in [0.25, 0.3) is 5.56 Å². The number of H-pyrrole nitrogens is 1. The topological polar surface area (TPSA) is 69.6 Å². The number of carbonyl (C=O) groups is 1. The SMILES string of the molecule is Cc1ccc(C)c2[nH]c(=O)c(CN(CC[NH+](C)C)C(=O)NCc3ccccc3)cc12. The van der Waals surface area contributed by atoms with Gasteiger partial charge in [0.15, 0.2) is 0 Å². The summed E-state index contributed by atoms with van der Waals surface area (Å²) in [4.78, 5) is 31.7. The van der Waals surface area contributed by atoms with Gasteiger partial charge in [0.05, 0.1) is 39.2 Å². The lowest BCUT2D eigenvalue weighted by molar-refractivity contribution is -0.857. The number of nitrogens with one attached hydrogen (secondary N) is 3. The zero-order chi connectivity index (χ0) is 21.7. The summed E-state index contributed by atoms with van der Waals surface area (Å²) in [6.07, 6.45) is 0. The Morgan fingerprint density at radius 2 is 1.77 bits per heavy atom. The number of aromatic amines is 1. The molecule has 0 spiro atoms. The van der Waals surface area contributed by atoms with Crippen LogP contribution in [-0.2, 0) is 13.1 Å². The number of benzene rings is 2. The van der Waals surface area contributed by atoms with Gasteiger partial charge in [-0.25, -0.2) is 4.79 Å². The summed E-state index contributed by atoms with van der Waals surface area (Å²) < 4.78 is 0. The second-order valence-corrected chi connectivity index (χ2v) is 8.13. The van der Waals surface area contributed by atoms with E-state index in [0.717, 1.165) is 34.1 Å². The number of amides is 2. The molecule has 3 aromatic rings. The number of likely N-dealkylation sites (N-methyl/N-ethyl adjacent to an activating group) is 1. The van der Waals surface area contributed by atoms with Crippen molar-refractivity contribution < 1.29 is 9.69 Å². The van der Waals surface area contributed by atoms with E-state index in [0.29, 0.717) is 18.7 Å². The lowest BCUT2D eigenvalue weighted by Gasteiger charge is -2.24. The first-order valence-corrected chi connectivity index (χ1v) is 10.3. The highest BCUT2D eigenvalue weighted by molar-refractivity contribution is 5.85. The molecule has 0 unspecified atom stereocenters. The van der Waals surface area contributed by atoms with Crippen molar-refractivity contribution in [2.24, 2.45) is 0 Å². The number of pyridine rings is 1. The van der Waals surface area contributed by atoms with Crippen molar-refractivity contribution in [3.05, 3.63) is 81.1 Å². The fourth-order valence-corrected chi connectivity index (χ4v) is 3.44. The maximum absolute atomic E-state index is 12.9. The minimum atomic E-state index is -0.166. The molecule has 0 radical (unpaired) electrons. The summed E-state index contributed by atoms with van der Waals surface area (Å²) in [5, 5.41) is 4.01. The molecule has 0 aliphatic carbocycles. The summed E-state index contributed by atoms with van der Waals surface area (Å²) in [5.41, 5.74) is 4.49. The van der Waals surface area contributed by atoms with Gasteiger partial charge >= 0.3 is 6.03 Å². The molecule has 2 aromatic carbocycles. The molecule has 0 aliphatic rings. The van der Waals surface area contributed by atoms with Crippen LogP contribution in [0.2, 0.25) is 0 Å². The third-order valence-electron chi connectivity index (χ3n) is 5.34. The minimum Gasteiger partial charge on any atom is -0.338 e. The minimum absolute atomic E-state index is 0.144. The van der Waals surface area contributed by atoms with E-state index >= 15 is 0 Å². The van der Waals surface area contributed by atoms with Crippen molar-refractivity contribution in [3.8, 4) is 0 Å². The van der Waals surface area contributed by atoms with Gasteiger partial charge in [0.2, 0.25) is 0 Å². The molecular weight excluding hydrogens is 376 g/mol. The smallest absolute Gasteiger partial charge is 0.318 e. The van der Waals surface area contributed by atoms with E-state index in [1.165, 1.54) is 4.90 Å². The lowest BCUT2D eigenvalue weighted by atomic mass is 10.0. The highest BCUT2D eigenvalue weighted by atomic mass is 16.2. The second kappa shape index (κ2) is 9.59. The van der Waals surface area contributed by atoms with Crippen LogP contribution >= 0.6 is 0 Å². The maximum Gasteiger partial charge on any atom is 0.318 e. The van der Waals surface area contributed by atoms with Crippen LogP contribution in [0.1, 0.15) is 22.3 Å². The number of carbonyl (C=O) groups excluding carboxylic acids is 1. The van der Waals surface area contributed by atoms with Gasteiger partial charge in [0, 0.05) is 17.5 Å². The molecule has 0 atom stereocenters. The molecule has 1 heterocycles. The summed E-state index contributed by atoms with van der Waals surface area (Å²) >= 11 is 0. The zero-order valence-electron chi connectivity index (χ0n) is 18.2. The van der Waals surface area contributed by atoms with Crippen molar-refractivity contribution in [2.75, 3.05) is 27.2 Å². The fourth-order valence-electron chi connectivity index (χ4n) is 3.44. The Labute approximate surface area is 177 Å². The van der Waals surface area contributed by atoms with Crippen LogP contribution in [0.4, 0.5) is 4.79 Å².